The van der Waals surface area contributed by atoms with Gasteiger partial charge in [0, 0.05) is 22.6 Å². The van der Waals surface area contributed by atoms with Crippen LogP contribution in [-0.4, -0.2) is 9.97 Å². The van der Waals surface area contributed by atoms with Crippen molar-refractivity contribution in [2.45, 2.75) is 31.2 Å². The van der Waals surface area contributed by atoms with E-state index in [2.05, 4.69) is 158 Å². The summed E-state index contributed by atoms with van der Waals surface area (Å²) in [5.41, 5.74) is 8.30. The summed E-state index contributed by atoms with van der Waals surface area (Å²) in [5.74, 6) is 0.994. The Kier molecular flexibility index (Phi) is 5.18. The largest absolute Gasteiger partial charge is 0.302 e. The van der Waals surface area contributed by atoms with Gasteiger partial charge >= 0.3 is 0 Å². The minimum Gasteiger partial charge on any atom is -0.302 e. The zero-order valence-electron chi connectivity index (χ0n) is 25.8. The second-order valence-corrected chi connectivity index (χ2v) is 13.4. The number of rotatable bonds is 2. The molecular weight excluding hydrogens is 558 g/mol. The van der Waals surface area contributed by atoms with Crippen molar-refractivity contribution in [3.05, 3.63) is 156 Å². The number of fused-ring (bicyclic) bond motifs is 12. The standard InChI is InChI=1S/C43H31N3/c1-43(2)36-22-12-10-20-31(36)41-39(43)35-24-33-29-18-8-6-16-27(29)28-17-7-9-19-30(28)34(33)25-38(35)46(41)42-44-37-23-13-11-21-32(37)40(45-42)26-14-4-3-5-15-26/h3-25,39,41H,1-2H3. The SMILES string of the molecule is CC1(C)c2ccccc2C2C1c1cc3c4ccccc4c4ccccc4c3cc1N2c1nc(-c2ccccc2)c2ccccc2n1. The van der Waals surface area contributed by atoms with E-state index < -0.39 is 0 Å². The smallest absolute Gasteiger partial charge is 0.231 e. The number of benzene rings is 7. The van der Waals surface area contributed by atoms with Gasteiger partial charge in [-0.2, -0.15) is 0 Å². The van der Waals surface area contributed by atoms with Crippen molar-refractivity contribution >= 4 is 54.9 Å². The van der Waals surface area contributed by atoms with E-state index in [1.807, 2.05) is 0 Å². The Hall–Kier alpha value is -5.54. The second kappa shape index (κ2) is 9.24. The van der Waals surface area contributed by atoms with E-state index in [4.69, 9.17) is 9.97 Å². The van der Waals surface area contributed by atoms with Gasteiger partial charge in [-0.3, -0.25) is 0 Å². The third-order valence-electron chi connectivity index (χ3n) is 10.7. The Labute approximate surface area is 267 Å². The summed E-state index contributed by atoms with van der Waals surface area (Å²) >= 11 is 0. The Bertz CT molecular complexity index is 2530. The highest BCUT2D eigenvalue weighted by Gasteiger charge is 2.55. The number of hydrogen-bond acceptors (Lipinski definition) is 3. The molecule has 0 spiro atoms. The van der Waals surface area contributed by atoms with Crippen molar-refractivity contribution in [2.75, 3.05) is 4.90 Å². The van der Waals surface area contributed by atoms with Crippen molar-refractivity contribution in [1.29, 1.82) is 0 Å². The van der Waals surface area contributed by atoms with Crippen LogP contribution in [0.1, 0.15) is 42.5 Å². The van der Waals surface area contributed by atoms with E-state index >= 15 is 0 Å². The molecule has 1 aromatic heterocycles. The van der Waals surface area contributed by atoms with Crippen LogP contribution in [0.15, 0.2) is 140 Å². The van der Waals surface area contributed by atoms with E-state index in [1.54, 1.807) is 0 Å². The average Bonchev–Trinajstić information content (AvgIpc) is 3.57. The van der Waals surface area contributed by atoms with Crippen molar-refractivity contribution in [2.24, 2.45) is 0 Å². The molecule has 8 aromatic rings. The van der Waals surface area contributed by atoms with E-state index in [0.29, 0.717) is 0 Å². The molecule has 3 heteroatoms. The third kappa shape index (κ3) is 3.37. The molecule has 46 heavy (non-hydrogen) atoms. The summed E-state index contributed by atoms with van der Waals surface area (Å²) in [4.78, 5) is 13.2. The molecule has 2 atom stereocenters. The fraction of sp³-hybridized carbons (Fsp3) is 0.116. The molecule has 0 saturated carbocycles. The van der Waals surface area contributed by atoms with Crippen LogP contribution in [0.3, 0.4) is 0 Å². The van der Waals surface area contributed by atoms with Crippen molar-refractivity contribution in [3.63, 3.8) is 0 Å². The second-order valence-electron chi connectivity index (χ2n) is 13.4. The first-order chi connectivity index (χ1) is 22.6. The lowest BCUT2D eigenvalue weighted by Crippen LogP contribution is -2.26. The summed E-state index contributed by atoms with van der Waals surface area (Å²) in [5, 5.41) is 8.82. The number of aromatic nitrogens is 2. The number of hydrogen-bond donors (Lipinski definition) is 0. The van der Waals surface area contributed by atoms with Crippen LogP contribution >= 0.6 is 0 Å². The molecule has 0 saturated heterocycles. The predicted molar refractivity (Wildman–Crippen MR) is 191 cm³/mol. The molecule has 0 fully saturated rings. The molecule has 2 aliphatic rings. The maximum Gasteiger partial charge on any atom is 0.231 e. The molecule has 1 aliphatic carbocycles. The van der Waals surface area contributed by atoms with E-state index in [1.165, 1.54) is 54.7 Å². The number of para-hydroxylation sites is 1. The monoisotopic (exact) mass is 589 g/mol. The van der Waals surface area contributed by atoms with Crippen LogP contribution in [0.2, 0.25) is 0 Å². The molecular formula is C43H31N3. The van der Waals surface area contributed by atoms with Crippen LogP contribution in [0.5, 0.6) is 0 Å². The molecule has 1 aliphatic heterocycles. The van der Waals surface area contributed by atoms with Gasteiger partial charge in [-0.05, 0) is 72.6 Å². The van der Waals surface area contributed by atoms with Crippen LogP contribution in [0, 0.1) is 0 Å². The fourth-order valence-corrected chi connectivity index (χ4v) is 8.71. The van der Waals surface area contributed by atoms with Crippen molar-refractivity contribution < 1.29 is 0 Å². The van der Waals surface area contributed by atoms with Gasteiger partial charge in [0.25, 0.3) is 0 Å². The van der Waals surface area contributed by atoms with Crippen LogP contribution in [-0.2, 0) is 5.41 Å². The lowest BCUT2D eigenvalue weighted by Gasteiger charge is -2.29. The van der Waals surface area contributed by atoms with Gasteiger partial charge in [-0.25, -0.2) is 9.97 Å². The highest BCUT2D eigenvalue weighted by Crippen LogP contribution is 2.65. The van der Waals surface area contributed by atoms with Gasteiger partial charge in [-0.15, -0.1) is 0 Å². The minimum absolute atomic E-state index is 0.0792. The fourth-order valence-electron chi connectivity index (χ4n) is 8.71. The maximum atomic E-state index is 5.44. The average molecular weight is 590 g/mol. The third-order valence-corrected chi connectivity index (χ3v) is 10.7. The normalized spacial score (nSPS) is 17.9. The highest BCUT2D eigenvalue weighted by molar-refractivity contribution is 6.26. The molecule has 0 N–H and O–H groups in total. The number of anilines is 2. The summed E-state index contributed by atoms with van der Waals surface area (Å²) in [6.07, 6.45) is 0. The molecule has 218 valence electrons. The molecule has 0 bridgehead atoms. The van der Waals surface area contributed by atoms with Gasteiger partial charge in [0.1, 0.15) is 0 Å². The molecule has 2 heterocycles. The molecule has 10 rings (SSSR count). The van der Waals surface area contributed by atoms with Gasteiger partial charge in [0.05, 0.1) is 17.3 Å². The summed E-state index contributed by atoms with van der Waals surface area (Å²) in [6.45, 7) is 4.84. The molecule has 0 amide bonds. The number of nitrogens with zero attached hydrogens (tertiary/aromatic N) is 3. The Morgan fingerprint density at radius 1 is 0.522 bits per heavy atom. The maximum absolute atomic E-state index is 5.44. The first kappa shape index (κ1) is 25.8. The lowest BCUT2D eigenvalue weighted by molar-refractivity contribution is 0.419. The molecule has 0 radical (unpaired) electrons. The first-order valence-corrected chi connectivity index (χ1v) is 16.2. The summed E-state index contributed by atoms with van der Waals surface area (Å²) in [6, 6.07) is 50.7. The van der Waals surface area contributed by atoms with Gasteiger partial charge in [0.2, 0.25) is 5.95 Å². The Balaban J connectivity index is 1.33. The summed E-state index contributed by atoms with van der Waals surface area (Å²) < 4.78 is 0. The summed E-state index contributed by atoms with van der Waals surface area (Å²) in [7, 11) is 0. The van der Waals surface area contributed by atoms with Gasteiger partial charge in [0.15, 0.2) is 0 Å². The van der Waals surface area contributed by atoms with Gasteiger partial charge in [-0.1, -0.05) is 135 Å². The van der Waals surface area contributed by atoms with Crippen molar-refractivity contribution in [3.8, 4) is 11.3 Å². The molecule has 7 aromatic carbocycles. The zero-order chi connectivity index (χ0) is 30.6. The Morgan fingerprint density at radius 2 is 1.09 bits per heavy atom. The van der Waals surface area contributed by atoms with E-state index in [0.717, 1.165) is 28.1 Å². The highest BCUT2D eigenvalue weighted by atomic mass is 15.3. The first-order valence-electron chi connectivity index (χ1n) is 16.2. The quantitative estimate of drug-likeness (QED) is 0.188. The van der Waals surface area contributed by atoms with Crippen LogP contribution in [0.4, 0.5) is 11.6 Å². The minimum atomic E-state index is -0.0792. The predicted octanol–water partition coefficient (Wildman–Crippen LogP) is 11.0. The topological polar surface area (TPSA) is 29.0 Å². The van der Waals surface area contributed by atoms with E-state index in [-0.39, 0.29) is 17.4 Å². The van der Waals surface area contributed by atoms with Crippen molar-refractivity contribution in [1.82, 2.24) is 9.97 Å². The van der Waals surface area contributed by atoms with Crippen LogP contribution in [0.25, 0.3) is 54.5 Å². The molecule has 2 unspecified atom stereocenters. The zero-order valence-corrected chi connectivity index (χ0v) is 25.8. The van der Waals surface area contributed by atoms with E-state index in [9.17, 15) is 0 Å². The molecule has 3 nitrogen and oxygen atoms in total. The van der Waals surface area contributed by atoms with Crippen LogP contribution < -0.4 is 4.90 Å². The Morgan fingerprint density at radius 3 is 1.80 bits per heavy atom. The van der Waals surface area contributed by atoms with Gasteiger partial charge < -0.3 is 4.90 Å². The lowest BCUT2D eigenvalue weighted by atomic mass is 9.74.